The molecule has 2 rings (SSSR count). The number of rotatable bonds is 7. The summed E-state index contributed by atoms with van der Waals surface area (Å²) in [5, 5.41) is 4.44. The van der Waals surface area contributed by atoms with Gasteiger partial charge >= 0.3 is 0 Å². The smallest absolute Gasteiger partial charge is 0.0438 e. The van der Waals surface area contributed by atoms with Crippen LogP contribution in [0.4, 0.5) is 0 Å². The molecule has 0 aliphatic carbocycles. The van der Waals surface area contributed by atoms with Crippen LogP contribution in [0.25, 0.3) is 0 Å². The number of halogens is 1. The van der Waals surface area contributed by atoms with E-state index < -0.39 is 0 Å². The second-order valence-corrected chi connectivity index (χ2v) is 5.81. The molecule has 2 aromatic rings. The van der Waals surface area contributed by atoms with Crippen molar-refractivity contribution in [2.24, 2.45) is 0 Å². The Morgan fingerprint density at radius 3 is 2.57 bits per heavy atom. The first-order chi connectivity index (χ1) is 10.2. The molecule has 0 heterocycles. The molecule has 0 aliphatic heterocycles. The van der Waals surface area contributed by atoms with E-state index in [0.717, 1.165) is 24.4 Å². The highest BCUT2D eigenvalue weighted by Gasteiger charge is 2.13. The molecule has 0 aliphatic rings. The van der Waals surface area contributed by atoms with Gasteiger partial charge in [-0.15, -0.1) is 0 Å². The van der Waals surface area contributed by atoms with Crippen molar-refractivity contribution in [1.29, 1.82) is 0 Å². The number of aryl methyl sites for hydroxylation is 1. The molecule has 1 atom stereocenters. The number of nitrogens with one attached hydrogen (secondary N) is 1. The zero-order valence-corrected chi connectivity index (χ0v) is 13.7. The summed E-state index contributed by atoms with van der Waals surface area (Å²) in [6.45, 7) is 5.32. The average molecular weight is 302 g/mol. The Labute approximate surface area is 133 Å². The van der Waals surface area contributed by atoms with Gasteiger partial charge in [-0.1, -0.05) is 74.3 Å². The van der Waals surface area contributed by atoms with E-state index in [1.54, 1.807) is 0 Å². The minimum absolute atomic E-state index is 0.312. The van der Waals surface area contributed by atoms with Crippen LogP contribution < -0.4 is 5.32 Å². The van der Waals surface area contributed by atoms with Gasteiger partial charge in [0.1, 0.15) is 0 Å². The highest BCUT2D eigenvalue weighted by atomic mass is 35.5. The minimum Gasteiger partial charge on any atom is -0.310 e. The third kappa shape index (κ3) is 4.59. The predicted octanol–water partition coefficient (Wildman–Crippen LogP) is 5.19. The molecule has 1 N–H and O–H groups in total. The van der Waals surface area contributed by atoms with Gasteiger partial charge in [-0.2, -0.15) is 0 Å². The van der Waals surface area contributed by atoms with Gasteiger partial charge in [0.05, 0.1) is 0 Å². The lowest BCUT2D eigenvalue weighted by atomic mass is 9.96. The van der Waals surface area contributed by atoms with Crippen LogP contribution in [0.2, 0.25) is 5.02 Å². The second-order valence-electron chi connectivity index (χ2n) is 5.40. The van der Waals surface area contributed by atoms with Gasteiger partial charge in [-0.3, -0.25) is 0 Å². The third-order valence-corrected chi connectivity index (χ3v) is 4.09. The predicted molar refractivity (Wildman–Crippen MR) is 92.0 cm³/mol. The molecule has 0 saturated carbocycles. The number of likely N-dealkylation sites (N-methyl/N-ethyl adjacent to an activating group) is 1. The van der Waals surface area contributed by atoms with E-state index in [4.69, 9.17) is 11.6 Å². The van der Waals surface area contributed by atoms with Gasteiger partial charge in [-0.25, -0.2) is 0 Å². The fourth-order valence-corrected chi connectivity index (χ4v) is 2.91. The van der Waals surface area contributed by atoms with Crippen molar-refractivity contribution in [1.82, 2.24) is 5.32 Å². The van der Waals surface area contributed by atoms with Crippen molar-refractivity contribution in [3.63, 3.8) is 0 Å². The maximum Gasteiger partial charge on any atom is 0.0438 e. The maximum atomic E-state index is 6.31. The van der Waals surface area contributed by atoms with Crippen LogP contribution >= 0.6 is 11.6 Å². The van der Waals surface area contributed by atoms with Crippen molar-refractivity contribution < 1.29 is 0 Å². The molecule has 0 amide bonds. The Hall–Kier alpha value is -1.31. The summed E-state index contributed by atoms with van der Waals surface area (Å²) in [6, 6.07) is 17.3. The first kappa shape index (κ1) is 16.1. The standard InChI is InChI=1S/C19H24ClN/c1-3-8-15-9-7-11-17(13-15)19(21-4-2)14-16-10-5-6-12-18(16)20/h5-7,9-13,19,21H,3-4,8,14H2,1-2H3. The molecule has 0 spiro atoms. The molecule has 112 valence electrons. The molecular formula is C19H24ClN. The van der Waals surface area contributed by atoms with Gasteiger partial charge in [0.15, 0.2) is 0 Å². The third-order valence-electron chi connectivity index (χ3n) is 3.72. The fourth-order valence-electron chi connectivity index (χ4n) is 2.69. The van der Waals surface area contributed by atoms with Crippen LogP contribution in [0.5, 0.6) is 0 Å². The first-order valence-electron chi connectivity index (χ1n) is 7.80. The number of benzene rings is 2. The number of hydrogen-bond donors (Lipinski definition) is 1. The molecule has 1 nitrogen and oxygen atoms in total. The lowest BCUT2D eigenvalue weighted by Gasteiger charge is -2.20. The van der Waals surface area contributed by atoms with Crippen molar-refractivity contribution in [3.05, 3.63) is 70.2 Å². The summed E-state index contributed by atoms with van der Waals surface area (Å²) < 4.78 is 0. The van der Waals surface area contributed by atoms with E-state index in [-0.39, 0.29) is 0 Å². The molecule has 21 heavy (non-hydrogen) atoms. The second kappa shape index (κ2) is 8.21. The summed E-state index contributed by atoms with van der Waals surface area (Å²) in [4.78, 5) is 0. The summed E-state index contributed by atoms with van der Waals surface area (Å²) in [7, 11) is 0. The summed E-state index contributed by atoms with van der Waals surface area (Å²) in [6.07, 6.45) is 3.24. The molecule has 0 aromatic heterocycles. The Balaban J connectivity index is 2.22. The van der Waals surface area contributed by atoms with Gasteiger partial charge < -0.3 is 5.32 Å². The normalized spacial score (nSPS) is 12.3. The van der Waals surface area contributed by atoms with Crippen molar-refractivity contribution in [2.75, 3.05) is 6.54 Å². The zero-order chi connectivity index (χ0) is 15.1. The van der Waals surface area contributed by atoms with Crippen molar-refractivity contribution in [2.45, 2.75) is 39.2 Å². The lowest BCUT2D eigenvalue weighted by molar-refractivity contribution is 0.549. The molecule has 1 unspecified atom stereocenters. The monoisotopic (exact) mass is 301 g/mol. The zero-order valence-electron chi connectivity index (χ0n) is 12.9. The van der Waals surface area contributed by atoms with Crippen molar-refractivity contribution >= 4 is 11.6 Å². The van der Waals surface area contributed by atoms with E-state index in [1.165, 1.54) is 23.1 Å². The quantitative estimate of drug-likeness (QED) is 0.742. The molecule has 0 fully saturated rings. The van der Waals surface area contributed by atoms with E-state index in [1.807, 2.05) is 12.1 Å². The molecule has 0 radical (unpaired) electrons. The van der Waals surface area contributed by atoms with Crippen LogP contribution in [-0.2, 0) is 12.8 Å². The highest BCUT2D eigenvalue weighted by molar-refractivity contribution is 6.31. The maximum absolute atomic E-state index is 6.31. The Bertz CT molecular complexity index is 565. The van der Waals surface area contributed by atoms with Crippen molar-refractivity contribution in [3.8, 4) is 0 Å². The van der Waals surface area contributed by atoms with Gasteiger partial charge in [0.25, 0.3) is 0 Å². The van der Waals surface area contributed by atoms with Crippen LogP contribution in [0.15, 0.2) is 48.5 Å². The van der Waals surface area contributed by atoms with Crippen LogP contribution in [0, 0.1) is 0 Å². The molecule has 2 heteroatoms. The summed E-state index contributed by atoms with van der Waals surface area (Å²) >= 11 is 6.31. The Morgan fingerprint density at radius 2 is 1.86 bits per heavy atom. The van der Waals surface area contributed by atoms with Gasteiger partial charge in [-0.05, 0) is 42.1 Å². The lowest BCUT2D eigenvalue weighted by Crippen LogP contribution is -2.23. The van der Waals surface area contributed by atoms with Gasteiger partial charge in [0.2, 0.25) is 0 Å². The molecule has 2 aromatic carbocycles. The number of hydrogen-bond acceptors (Lipinski definition) is 1. The van der Waals surface area contributed by atoms with Crippen LogP contribution in [0.3, 0.4) is 0 Å². The fraction of sp³-hybridized carbons (Fsp3) is 0.368. The van der Waals surface area contributed by atoms with E-state index in [2.05, 4.69) is 55.6 Å². The van der Waals surface area contributed by atoms with E-state index in [0.29, 0.717) is 6.04 Å². The largest absolute Gasteiger partial charge is 0.310 e. The van der Waals surface area contributed by atoms with E-state index >= 15 is 0 Å². The Morgan fingerprint density at radius 1 is 1.05 bits per heavy atom. The van der Waals surface area contributed by atoms with Gasteiger partial charge in [0, 0.05) is 11.1 Å². The summed E-state index contributed by atoms with van der Waals surface area (Å²) in [5.41, 5.74) is 3.96. The molecular weight excluding hydrogens is 278 g/mol. The average Bonchev–Trinajstić information content (AvgIpc) is 2.49. The Kier molecular flexibility index (Phi) is 6.28. The molecule has 0 saturated heterocycles. The van der Waals surface area contributed by atoms with E-state index in [9.17, 15) is 0 Å². The highest BCUT2D eigenvalue weighted by Crippen LogP contribution is 2.24. The summed E-state index contributed by atoms with van der Waals surface area (Å²) in [5.74, 6) is 0. The topological polar surface area (TPSA) is 12.0 Å². The van der Waals surface area contributed by atoms with Crippen LogP contribution in [-0.4, -0.2) is 6.54 Å². The SMILES string of the molecule is CCCc1cccc(C(Cc2ccccc2Cl)NCC)c1. The first-order valence-corrected chi connectivity index (χ1v) is 8.18. The minimum atomic E-state index is 0.312. The van der Waals surface area contributed by atoms with Crippen LogP contribution in [0.1, 0.15) is 43.0 Å². The molecule has 0 bridgehead atoms.